The molecule has 1 N–H and O–H groups in total. The Balaban J connectivity index is 1.79. The molecular formula is C14H17N3O2S. The van der Waals surface area contributed by atoms with Gasteiger partial charge in [0, 0.05) is 17.5 Å². The zero-order chi connectivity index (χ0) is 14.5. The lowest BCUT2D eigenvalue weighted by molar-refractivity contribution is -0.113. The molecule has 106 valence electrons. The van der Waals surface area contributed by atoms with Gasteiger partial charge in [0.25, 0.3) is 0 Å². The largest absolute Gasteiger partial charge is 0.361 e. The van der Waals surface area contributed by atoms with Crippen LogP contribution in [0, 0.1) is 20.8 Å². The summed E-state index contributed by atoms with van der Waals surface area (Å²) < 4.78 is 5.09. The van der Waals surface area contributed by atoms with E-state index in [2.05, 4.69) is 15.5 Å². The summed E-state index contributed by atoms with van der Waals surface area (Å²) in [7, 11) is 0. The molecule has 0 saturated carbocycles. The molecule has 1 amide bonds. The second kappa shape index (κ2) is 6.56. The Labute approximate surface area is 122 Å². The first-order chi connectivity index (χ1) is 9.56. The molecular weight excluding hydrogens is 274 g/mol. The van der Waals surface area contributed by atoms with E-state index in [1.807, 2.05) is 26.8 Å². The van der Waals surface area contributed by atoms with Crippen LogP contribution in [0.5, 0.6) is 0 Å². The van der Waals surface area contributed by atoms with Crippen molar-refractivity contribution >= 4 is 23.5 Å². The first kappa shape index (κ1) is 14.6. The Morgan fingerprint density at radius 3 is 2.75 bits per heavy atom. The maximum Gasteiger partial charge on any atom is 0.235 e. The number of aromatic nitrogens is 2. The van der Waals surface area contributed by atoms with Gasteiger partial charge in [-0.25, -0.2) is 4.98 Å². The fraction of sp³-hybridized carbons (Fsp3) is 0.357. The Morgan fingerprint density at radius 2 is 2.15 bits per heavy atom. The van der Waals surface area contributed by atoms with Gasteiger partial charge < -0.3 is 9.84 Å². The Morgan fingerprint density at radius 1 is 1.35 bits per heavy atom. The number of carbonyl (C=O) groups excluding carboxylic acids is 1. The van der Waals surface area contributed by atoms with Gasteiger partial charge in [-0.05, 0) is 32.4 Å². The van der Waals surface area contributed by atoms with Crippen LogP contribution in [0.2, 0.25) is 0 Å². The van der Waals surface area contributed by atoms with E-state index in [9.17, 15) is 4.79 Å². The van der Waals surface area contributed by atoms with Crippen LogP contribution < -0.4 is 5.32 Å². The zero-order valence-electron chi connectivity index (χ0n) is 11.8. The monoisotopic (exact) mass is 291 g/mol. The molecule has 0 aliphatic heterocycles. The van der Waals surface area contributed by atoms with E-state index < -0.39 is 0 Å². The van der Waals surface area contributed by atoms with Gasteiger partial charge in [0.1, 0.15) is 11.6 Å². The molecule has 2 aromatic rings. The number of anilines is 1. The number of aryl methyl sites for hydroxylation is 3. The smallest absolute Gasteiger partial charge is 0.235 e. The summed E-state index contributed by atoms with van der Waals surface area (Å²) in [6.45, 7) is 5.74. The van der Waals surface area contributed by atoms with Crippen molar-refractivity contribution in [3.8, 4) is 0 Å². The van der Waals surface area contributed by atoms with Gasteiger partial charge in [0.2, 0.25) is 5.91 Å². The highest BCUT2D eigenvalue weighted by Crippen LogP contribution is 2.19. The summed E-state index contributed by atoms with van der Waals surface area (Å²) in [6, 6.07) is 3.71. The van der Waals surface area contributed by atoms with Crippen LogP contribution in [0.1, 0.15) is 22.6 Å². The molecule has 0 unspecified atom stereocenters. The van der Waals surface area contributed by atoms with Crippen molar-refractivity contribution in [2.75, 3.05) is 11.1 Å². The van der Waals surface area contributed by atoms with Crippen molar-refractivity contribution in [2.45, 2.75) is 26.5 Å². The molecule has 0 aliphatic carbocycles. The van der Waals surface area contributed by atoms with Crippen LogP contribution in [0.15, 0.2) is 22.9 Å². The van der Waals surface area contributed by atoms with Gasteiger partial charge in [-0.15, -0.1) is 11.8 Å². The minimum atomic E-state index is -0.0573. The third-order valence-corrected chi connectivity index (χ3v) is 3.80. The van der Waals surface area contributed by atoms with Gasteiger partial charge in [-0.3, -0.25) is 4.79 Å². The van der Waals surface area contributed by atoms with Crippen molar-refractivity contribution in [3.05, 3.63) is 40.9 Å². The summed E-state index contributed by atoms with van der Waals surface area (Å²) in [5, 5.41) is 6.66. The summed E-state index contributed by atoms with van der Waals surface area (Å²) >= 11 is 1.53. The van der Waals surface area contributed by atoms with Crippen LogP contribution in [0.25, 0.3) is 0 Å². The maximum absolute atomic E-state index is 11.8. The molecule has 0 bridgehead atoms. The maximum atomic E-state index is 11.8. The fourth-order valence-electron chi connectivity index (χ4n) is 1.67. The topological polar surface area (TPSA) is 68.0 Å². The molecule has 5 nitrogen and oxygen atoms in total. The van der Waals surface area contributed by atoms with Crippen LogP contribution in [-0.2, 0) is 10.5 Å². The fourth-order valence-corrected chi connectivity index (χ4v) is 2.65. The van der Waals surface area contributed by atoms with E-state index in [1.54, 1.807) is 12.3 Å². The lowest BCUT2D eigenvalue weighted by Gasteiger charge is -2.04. The number of carbonyl (C=O) groups is 1. The second-order valence-corrected chi connectivity index (χ2v) is 5.55. The van der Waals surface area contributed by atoms with E-state index >= 15 is 0 Å². The van der Waals surface area contributed by atoms with E-state index in [4.69, 9.17) is 4.52 Å². The molecule has 0 aromatic carbocycles. The van der Waals surface area contributed by atoms with E-state index in [-0.39, 0.29) is 5.91 Å². The predicted molar refractivity (Wildman–Crippen MR) is 79.7 cm³/mol. The number of thioether (sulfide) groups is 1. The van der Waals surface area contributed by atoms with E-state index in [0.717, 1.165) is 28.3 Å². The van der Waals surface area contributed by atoms with Crippen molar-refractivity contribution in [3.63, 3.8) is 0 Å². The van der Waals surface area contributed by atoms with Crippen molar-refractivity contribution in [1.29, 1.82) is 0 Å². The molecule has 20 heavy (non-hydrogen) atoms. The van der Waals surface area contributed by atoms with Gasteiger partial charge in [0.15, 0.2) is 0 Å². The van der Waals surface area contributed by atoms with Gasteiger partial charge >= 0.3 is 0 Å². The quantitative estimate of drug-likeness (QED) is 0.917. The molecule has 2 rings (SSSR count). The SMILES string of the molecule is Cc1ccc(NC(=O)CSCc2c(C)noc2C)nc1. The van der Waals surface area contributed by atoms with Crippen LogP contribution >= 0.6 is 11.8 Å². The minimum Gasteiger partial charge on any atom is -0.361 e. The highest BCUT2D eigenvalue weighted by molar-refractivity contribution is 7.99. The molecule has 0 atom stereocenters. The van der Waals surface area contributed by atoms with E-state index in [1.165, 1.54) is 11.8 Å². The number of hydrogen-bond donors (Lipinski definition) is 1. The Hall–Kier alpha value is -1.82. The average Bonchev–Trinajstić information content (AvgIpc) is 2.73. The zero-order valence-corrected chi connectivity index (χ0v) is 12.6. The number of rotatable bonds is 5. The number of nitrogens with one attached hydrogen (secondary N) is 1. The van der Waals surface area contributed by atoms with Crippen molar-refractivity contribution < 1.29 is 9.32 Å². The van der Waals surface area contributed by atoms with Gasteiger partial charge in [0.05, 0.1) is 11.4 Å². The predicted octanol–water partition coefficient (Wildman–Crippen LogP) is 2.87. The highest BCUT2D eigenvalue weighted by Gasteiger charge is 2.10. The van der Waals surface area contributed by atoms with Crippen LogP contribution in [-0.4, -0.2) is 21.8 Å². The molecule has 2 aromatic heterocycles. The number of nitrogens with zero attached hydrogens (tertiary/aromatic N) is 2. The molecule has 0 saturated heterocycles. The number of hydrogen-bond acceptors (Lipinski definition) is 5. The van der Waals surface area contributed by atoms with Crippen molar-refractivity contribution in [2.24, 2.45) is 0 Å². The normalized spacial score (nSPS) is 10.6. The van der Waals surface area contributed by atoms with Gasteiger partial charge in [-0.1, -0.05) is 11.2 Å². The molecule has 0 radical (unpaired) electrons. The number of pyridine rings is 1. The third-order valence-electron chi connectivity index (χ3n) is 2.84. The van der Waals surface area contributed by atoms with Crippen LogP contribution in [0.3, 0.4) is 0 Å². The summed E-state index contributed by atoms with van der Waals surface area (Å²) in [6.07, 6.45) is 1.73. The molecule has 0 aliphatic rings. The lowest BCUT2D eigenvalue weighted by Crippen LogP contribution is -2.15. The Bertz CT molecular complexity index is 573. The number of amides is 1. The first-order valence-electron chi connectivity index (χ1n) is 6.28. The molecule has 0 spiro atoms. The standard InChI is InChI=1S/C14H17N3O2S/c1-9-4-5-13(15-6-9)16-14(18)8-20-7-12-10(2)17-19-11(12)3/h4-6H,7-8H2,1-3H3,(H,15,16,18). The molecule has 6 heteroatoms. The van der Waals surface area contributed by atoms with E-state index in [0.29, 0.717) is 11.6 Å². The lowest BCUT2D eigenvalue weighted by atomic mass is 10.2. The Kier molecular flexibility index (Phi) is 4.79. The molecule has 0 fully saturated rings. The summed E-state index contributed by atoms with van der Waals surface area (Å²) in [4.78, 5) is 15.9. The van der Waals surface area contributed by atoms with Crippen LogP contribution in [0.4, 0.5) is 5.82 Å². The summed E-state index contributed by atoms with van der Waals surface area (Å²) in [5.41, 5.74) is 3.02. The third kappa shape index (κ3) is 3.84. The second-order valence-electron chi connectivity index (χ2n) is 4.56. The average molecular weight is 291 g/mol. The van der Waals surface area contributed by atoms with Crippen molar-refractivity contribution in [1.82, 2.24) is 10.1 Å². The van der Waals surface area contributed by atoms with Gasteiger partial charge in [-0.2, -0.15) is 0 Å². The minimum absolute atomic E-state index is 0.0573. The molecule has 2 heterocycles. The highest BCUT2D eigenvalue weighted by atomic mass is 32.2. The first-order valence-corrected chi connectivity index (χ1v) is 7.43. The summed E-state index contributed by atoms with van der Waals surface area (Å²) in [5.74, 6) is 2.43.